The summed E-state index contributed by atoms with van der Waals surface area (Å²) in [5.74, 6) is -0.210. The fourth-order valence-electron chi connectivity index (χ4n) is 2.72. The van der Waals surface area contributed by atoms with Crippen molar-refractivity contribution in [1.82, 2.24) is 9.78 Å². The number of benzene rings is 2. The van der Waals surface area contributed by atoms with Gasteiger partial charge in [0, 0.05) is 9.79 Å². The summed E-state index contributed by atoms with van der Waals surface area (Å²) in [6.45, 7) is -0.0822. The van der Waals surface area contributed by atoms with E-state index in [0.717, 1.165) is 27.4 Å². The third-order valence-corrected chi connectivity index (χ3v) is 4.94. The van der Waals surface area contributed by atoms with Gasteiger partial charge in [-0.1, -0.05) is 36.0 Å². The smallest absolute Gasteiger partial charge is 0.277 e. The van der Waals surface area contributed by atoms with Crippen LogP contribution in [-0.2, 0) is 11.3 Å². The van der Waals surface area contributed by atoms with Gasteiger partial charge in [0.05, 0.1) is 16.3 Å². The van der Waals surface area contributed by atoms with E-state index >= 15 is 0 Å². The Balaban J connectivity index is 1.71. The van der Waals surface area contributed by atoms with Gasteiger partial charge in [0.1, 0.15) is 18.9 Å². The molecular formula is C17H12N4O3S. The summed E-state index contributed by atoms with van der Waals surface area (Å²) in [7, 11) is 0. The van der Waals surface area contributed by atoms with Gasteiger partial charge in [-0.15, -0.1) is 0 Å². The predicted molar refractivity (Wildman–Crippen MR) is 93.0 cm³/mol. The Morgan fingerprint density at radius 3 is 2.24 bits per heavy atom. The number of hydrogen-bond donors (Lipinski definition) is 0. The highest BCUT2D eigenvalue weighted by molar-refractivity contribution is 7.99. The van der Waals surface area contributed by atoms with Crippen LogP contribution in [0.2, 0.25) is 0 Å². The molecule has 0 bridgehead atoms. The summed E-state index contributed by atoms with van der Waals surface area (Å²) in [5.41, 5.74) is 1.47. The van der Waals surface area contributed by atoms with Crippen molar-refractivity contribution in [3.8, 4) is 0 Å². The van der Waals surface area contributed by atoms with Crippen LogP contribution in [0, 0.1) is 10.1 Å². The van der Waals surface area contributed by atoms with Crippen LogP contribution in [0.5, 0.6) is 0 Å². The first-order chi connectivity index (χ1) is 12.1. The van der Waals surface area contributed by atoms with Gasteiger partial charge in [-0.05, 0) is 24.3 Å². The van der Waals surface area contributed by atoms with Crippen molar-refractivity contribution in [1.29, 1.82) is 0 Å². The maximum absolute atomic E-state index is 13.0. The van der Waals surface area contributed by atoms with Gasteiger partial charge in [-0.2, -0.15) is 5.10 Å². The number of para-hydroxylation sites is 2. The molecular weight excluding hydrogens is 340 g/mol. The monoisotopic (exact) mass is 352 g/mol. The van der Waals surface area contributed by atoms with Crippen molar-refractivity contribution in [2.24, 2.45) is 0 Å². The molecule has 124 valence electrons. The second-order valence-corrected chi connectivity index (χ2v) is 6.50. The zero-order chi connectivity index (χ0) is 17.4. The first-order valence-corrected chi connectivity index (χ1v) is 8.31. The topological polar surface area (TPSA) is 81.3 Å². The zero-order valence-electron chi connectivity index (χ0n) is 12.9. The summed E-state index contributed by atoms with van der Waals surface area (Å²) >= 11 is 1.61. The molecule has 0 atom stereocenters. The zero-order valence-corrected chi connectivity index (χ0v) is 13.7. The minimum atomic E-state index is -0.532. The Kier molecular flexibility index (Phi) is 3.73. The van der Waals surface area contributed by atoms with E-state index in [4.69, 9.17) is 0 Å². The number of nitro groups is 1. The maximum Gasteiger partial charge on any atom is 0.307 e. The highest BCUT2D eigenvalue weighted by Crippen LogP contribution is 2.47. The van der Waals surface area contributed by atoms with Crippen molar-refractivity contribution in [3.63, 3.8) is 0 Å². The van der Waals surface area contributed by atoms with Crippen LogP contribution >= 0.6 is 11.8 Å². The third-order valence-electron chi connectivity index (χ3n) is 3.81. The molecule has 8 heteroatoms. The van der Waals surface area contributed by atoms with Crippen LogP contribution in [0.15, 0.2) is 70.7 Å². The number of nitrogens with zero attached hydrogens (tertiary/aromatic N) is 4. The molecule has 1 amide bonds. The fourth-order valence-corrected chi connectivity index (χ4v) is 3.77. The second-order valence-electron chi connectivity index (χ2n) is 5.42. The fraction of sp³-hybridized carbons (Fsp3) is 0.0588. The third kappa shape index (κ3) is 2.76. The van der Waals surface area contributed by atoms with Gasteiger partial charge >= 0.3 is 5.69 Å². The lowest BCUT2D eigenvalue weighted by Gasteiger charge is -2.31. The first kappa shape index (κ1) is 15.4. The van der Waals surface area contributed by atoms with Crippen LogP contribution in [0.1, 0.15) is 0 Å². The summed E-state index contributed by atoms with van der Waals surface area (Å²) in [6, 6.07) is 15.3. The summed E-state index contributed by atoms with van der Waals surface area (Å²) in [5, 5.41) is 14.7. The highest BCUT2D eigenvalue weighted by atomic mass is 32.2. The molecule has 0 spiro atoms. The van der Waals surface area contributed by atoms with E-state index in [-0.39, 0.29) is 18.1 Å². The Labute approximate surface area is 147 Å². The molecule has 2 heterocycles. The summed E-state index contributed by atoms with van der Waals surface area (Å²) in [6.07, 6.45) is 2.40. The van der Waals surface area contributed by atoms with Gasteiger partial charge in [-0.25, -0.2) is 0 Å². The Bertz CT molecular complexity index is 940. The molecule has 4 rings (SSSR count). The summed E-state index contributed by atoms with van der Waals surface area (Å²) in [4.78, 5) is 26.8. The molecule has 0 radical (unpaired) electrons. The average Bonchev–Trinajstić information content (AvgIpc) is 3.08. The minimum Gasteiger partial charge on any atom is -0.277 e. The van der Waals surface area contributed by atoms with Gasteiger partial charge in [0.15, 0.2) is 0 Å². The van der Waals surface area contributed by atoms with Gasteiger partial charge in [0.2, 0.25) is 0 Å². The van der Waals surface area contributed by atoms with Crippen LogP contribution in [-0.4, -0.2) is 20.6 Å². The minimum absolute atomic E-state index is 0.0822. The number of carbonyl (C=O) groups is 1. The Morgan fingerprint density at radius 2 is 1.68 bits per heavy atom. The molecule has 0 N–H and O–H groups in total. The van der Waals surface area contributed by atoms with E-state index in [1.54, 1.807) is 16.7 Å². The van der Waals surface area contributed by atoms with Crippen LogP contribution in [0.3, 0.4) is 0 Å². The Morgan fingerprint density at radius 1 is 1.08 bits per heavy atom. The predicted octanol–water partition coefficient (Wildman–Crippen LogP) is 3.62. The lowest BCUT2D eigenvalue weighted by molar-refractivity contribution is -0.385. The second kappa shape index (κ2) is 6.06. The molecule has 25 heavy (non-hydrogen) atoms. The molecule has 0 saturated carbocycles. The van der Waals surface area contributed by atoms with Gasteiger partial charge in [-0.3, -0.25) is 24.5 Å². The molecule has 0 aliphatic carbocycles. The summed E-state index contributed by atoms with van der Waals surface area (Å²) < 4.78 is 1.29. The number of carbonyl (C=O) groups excluding carboxylic acids is 1. The number of aromatic nitrogens is 2. The van der Waals surface area contributed by atoms with E-state index in [2.05, 4.69) is 5.10 Å². The van der Waals surface area contributed by atoms with E-state index in [1.807, 2.05) is 48.5 Å². The quantitative estimate of drug-likeness (QED) is 0.531. The number of amides is 1. The van der Waals surface area contributed by atoms with Crippen molar-refractivity contribution < 1.29 is 9.72 Å². The Hall–Kier alpha value is -3.13. The van der Waals surface area contributed by atoms with Crippen LogP contribution < -0.4 is 4.90 Å². The van der Waals surface area contributed by atoms with E-state index < -0.39 is 4.92 Å². The van der Waals surface area contributed by atoms with E-state index in [1.165, 1.54) is 10.9 Å². The standard InChI is InChI=1S/C17H12N4O3S/c22-17(11-19-10-12(9-18-19)21(23)24)20-13-5-1-3-7-15(13)25-16-8-4-2-6-14(16)20/h1-10H,11H2. The number of fused-ring (bicyclic) bond motifs is 2. The van der Waals surface area contributed by atoms with Crippen molar-refractivity contribution in [2.45, 2.75) is 16.3 Å². The molecule has 0 fully saturated rings. The molecule has 7 nitrogen and oxygen atoms in total. The molecule has 1 aliphatic rings. The largest absolute Gasteiger partial charge is 0.307 e. The van der Waals surface area contributed by atoms with Crippen molar-refractivity contribution in [2.75, 3.05) is 4.90 Å². The number of hydrogen-bond acceptors (Lipinski definition) is 5. The van der Waals surface area contributed by atoms with Gasteiger partial charge < -0.3 is 0 Å². The molecule has 3 aromatic rings. The van der Waals surface area contributed by atoms with Crippen LogP contribution in [0.25, 0.3) is 0 Å². The number of anilines is 2. The van der Waals surface area contributed by atoms with E-state index in [9.17, 15) is 14.9 Å². The van der Waals surface area contributed by atoms with Crippen molar-refractivity contribution >= 4 is 34.7 Å². The maximum atomic E-state index is 13.0. The van der Waals surface area contributed by atoms with Crippen molar-refractivity contribution in [3.05, 3.63) is 71.0 Å². The molecule has 0 unspecified atom stereocenters. The molecule has 2 aromatic carbocycles. The number of rotatable bonds is 3. The lowest BCUT2D eigenvalue weighted by Crippen LogP contribution is -2.31. The SMILES string of the molecule is O=C(Cn1cc([N+](=O)[O-])cn1)N1c2ccccc2Sc2ccccc21. The van der Waals surface area contributed by atoms with Gasteiger partial charge in [0.25, 0.3) is 5.91 Å². The highest BCUT2D eigenvalue weighted by Gasteiger charge is 2.28. The molecule has 1 aromatic heterocycles. The van der Waals surface area contributed by atoms with E-state index in [0.29, 0.717) is 0 Å². The normalized spacial score (nSPS) is 12.4. The molecule has 1 aliphatic heterocycles. The first-order valence-electron chi connectivity index (χ1n) is 7.49. The average molecular weight is 352 g/mol. The van der Waals surface area contributed by atoms with Crippen LogP contribution in [0.4, 0.5) is 17.1 Å². The lowest BCUT2D eigenvalue weighted by atomic mass is 10.2. The molecule has 0 saturated heterocycles.